The topological polar surface area (TPSA) is 15.6 Å². The van der Waals surface area contributed by atoms with E-state index >= 15 is 0 Å². The molecule has 1 saturated heterocycles. The highest BCUT2D eigenvalue weighted by atomic mass is 35.5. The Morgan fingerprint density at radius 2 is 2.27 bits per heavy atom. The maximum Gasteiger partial charge on any atom is 0.109 e. The van der Waals surface area contributed by atoms with E-state index in [4.69, 9.17) is 11.6 Å². The number of amidine groups is 1. The molecule has 0 bridgehead atoms. The van der Waals surface area contributed by atoms with Crippen LogP contribution in [0.4, 0.5) is 5.69 Å². The molecule has 0 radical (unpaired) electrons. The summed E-state index contributed by atoms with van der Waals surface area (Å²) in [6, 6.07) is 5.96. The number of aliphatic imine (C=N–C) groups is 1. The van der Waals surface area contributed by atoms with Crippen molar-refractivity contribution in [1.82, 2.24) is 0 Å². The van der Waals surface area contributed by atoms with Gasteiger partial charge in [0.15, 0.2) is 0 Å². The number of anilines is 1. The summed E-state index contributed by atoms with van der Waals surface area (Å²) in [6.45, 7) is 5.02. The van der Waals surface area contributed by atoms with Crippen molar-refractivity contribution >= 4 is 28.8 Å². The molecule has 3 rings (SSSR count). The fourth-order valence-electron chi connectivity index (χ4n) is 2.27. The minimum atomic E-state index is 0.743. The van der Waals surface area contributed by atoms with Crippen LogP contribution in [0.15, 0.2) is 29.8 Å². The molecule has 3 heteroatoms. The molecule has 0 N–H and O–H groups in total. The molecule has 2 heterocycles. The van der Waals surface area contributed by atoms with Crippen molar-refractivity contribution in [2.75, 3.05) is 11.4 Å². The van der Waals surface area contributed by atoms with Gasteiger partial charge in [0.2, 0.25) is 0 Å². The second kappa shape index (κ2) is 3.11. The van der Waals surface area contributed by atoms with E-state index in [1.54, 1.807) is 0 Å². The third-order valence-corrected chi connectivity index (χ3v) is 3.24. The second-order valence-electron chi connectivity index (χ2n) is 3.86. The van der Waals surface area contributed by atoms with Gasteiger partial charge in [-0.3, -0.25) is 0 Å². The van der Waals surface area contributed by atoms with Gasteiger partial charge in [-0.05, 0) is 18.6 Å². The SMILES string of the molecule is C=C1N=C2CCCN2c2cccc(Cl)c21. The van der Waals surface area contributed by atoms with E-state index in [-0.39, 0.29) is 0 Å². The minimum absolute atomic E-state index is 0.743. The monoisotopic (exact) mass is 218 g/mol. The van der Waals surface area contributed by atoms with Gasteiger partial charge in [-0.2, -0.15) is 0 Å². The summed E-state index contributed by atoms with van der Waals surface area (Å²) in [5.74, 6) is 1.13. The Hall–Kier alpha value is -1.28. The first-order valence-corrected chi connectivity index (χ1v) is 5.48. The van der Waals surface area contributed by atoms with Crippen LogP contribution in [0.2, 0.25) is 5.02 Å². The van der Waals surface area contributed by atoms with Crippen LogP contribution in [0.25, 0.3) is 5.70 Å². The van der Waals surface area contributed by atoms with E-state index in [0.717, 1.165) is 47.2 Å². The molecule has 76 valence electrons. The lowest BCUT2D eigenvalue weighted by Crippen LogP contribution is -2.27. The third kappa shape index (κ3) is 1.21. The van der Waals surface area contributed by atoms with Gasteiger partial charge < -0.3 is 4.90 Å². The molecule has 0 atom stereocenters. The van der Waals surface area contributed by atoms with Gasteiger partial charge >= 0.3 is 0 Å². The highest BCUT2D eigenvalue weighted by molar-refractivity contribution is 6.33. The largest absolute Gasteiger partial charge is 0.329 e. The standard InChI is InChI=1S/C12H11ClN2/c1-8-12-9(13)4-2-5-10(12)15-7-3-6-11(15)14-8/h2,4-5H,1,3,6-7H2. The molecule has 0 spiro atoms. The summed E-state index contributed by atoms with van der Waals surface area (Å²) >= 11 is 6.17. The van der Waals surface area contributed by atoms with Crippen LogP contribution in [-0.2, 0) is 0 Å². The average molecular weight is 219 g/mol. The molecule has 0 unspecified atom stereocenters. The van der Waals surface area contributed by atoms with Gasteiger partial charge in [-0.15, -0.1) is 0 Å². The number of nitrogens with zero attached hydrogens (tertiary/aromatic N) is 2. The molecule has 2 aliphatic rings. The molecule has 1 aromatic carbocycles. The van der Waals surface area contributed by atoms with Crippen molar-refractivity contribution in [3.63, 3.8) is 0 Å². The van der Waals surface area contributed by atoms with Crippen LogP contribution < -0.4 is 4.90 Å². The van der Waals surface area contributed by atoms with Crippen molar-refractivity contribution in [2.24, 2.45) is 4.99 Å². The molecule has 1 aromatic rings. The van der Waals surface area contributed by atoms with Gasteiger partial charge in [0, 0.05) is 18.5 Å². The first-order valence-electron chi connectivity index (χ1n) is 5.10. The predicted octanol–water partition coefficient (Wildman–Crippen LogP) is 3.32. The van der Waals surface area contributed by atoms with E-state index in [1.165, 1.54) is 0 Å². The van der Waals surface area contributed by atoms with E-state index < -0.39 is 0 Å². The lowest BCUT2D eigenvalue weighted by molar-refractivity contribution is 0.956. The Kier molecular flexibility index (Phi) is 1.86. The number of benzene rings is 1. The molecule has 15 heavy (non-hydrogen) atoms. The number of hydrogen-bond acceptors (Lipinski definition) is 2. The van der Waals surface area contributed by atoms with Crippen LogP contribution in [0.1, 0.15) is 18.4 Å². The van der Waals surface area contributed by atoms with Crippen LogP contribution in [0, 0.1) is 0 Å². The summed E-state index contributed by atoms with van der Waals surface area (Å²) in [5.41, 5.74) is 2.95. The van der Waals surface area contributed by atoms with Crippen molar-refractivity contribution < 1.29 is 0 Å². The van der Waals surface area contributed by atoms with E-state index in [9.17, 15) is 0 Å². The van der Waals surface area contributed by atoms with Gasteiger partial charge in [-0.25, -0.2) is 4.99 Å². The van der Waals surface area contributed by atoms with Crippen molar-refractivity contribution in [1.29, 1.82) is 0 Å². The maximum atomic E-state index is 6.17. The van der Waals surface area contributed by atoms with Gasteiger partial charge in [0.25, 0.3) is 0 Å². The Morgan fingerprint density at radius 1 is 1.40 bits per heavy atom. The highest BCUT2D eigenvalue weighted by Crippen LogP contribution is 2.39. The van der Waals surface area contributed by atoms with Gasteiger partial charge in [-0.1, -0.05) is 24.2 Å². The normalized spacial score (nSPS) is 18.6. The van der Waals surface area contributed by atoms with Crippen molar-refractivity contribution in [2.45, 2.75) is 12.8 Å². The lowest BCUT2D eigenvalue weighted by atomic mass is 10.1. The molecule has 0 saturated carbocycles. The first kappa shape index (κ1) is 8.98. The first-order chi connectivity index (χ1) is 7.27. The van der Waals surface area contributed by atoms with E-state index in [0.29, 0.717) is 0 Å². The summed E-state index contributed by atoms with van der Waals surface area (Å²) in [7, 11) is 0. The number of halogens is 1. The molecule has 0 aromatic heterocycles. The molecule has 2 aliphatic heterocycles. The Balaban J connectivity index is 2.24. The lowest BCUT2D eigenvalue weighted by Gasteiger charge is -2.27. The van der Waals surface area contributed by atoms with Crippen LogP contribution in [-0.4, -0.2) is 12.4 Å². The third-order valence-electron chi connectivity index (χ3n) is 2.93. The minimum Gasteiger partial charge on any atom is -0.329 e. The molecular weight excluding hydrogens is 208 g/mol. The molecule has 0 aliphatic carbocycles. The van der Waals surface area contributed by atoms with Gasteiger partial charge in [0.1, 0.15) is 5.84 Å². The Morgan fingerprint density at radius 3 is 3.13 bits per heavy atom. The van der Waals surface area contributed by atoms with Crippen LogP contribution >= 0.6 is 11.6 Å². The zero-order valence-corrected chi connectivity index (χ0v) is 9.09. The zero-order chi connectivity index (χ0) is 10.4. The zero-order valence-electron chi connectivity index (χ0n) is 8.33. The molecule has 1 fully saturated rings. The number of fused-ring (bicyclic) bond motifs is 3. The second-order valence-corrected chi connectivity index (χ2v) is 4.27. The summed E-state index contributed by atoms with van der Waals surface area (Å²) < 4.78 is 0. The highest BCUT2D eigenvalue weighted by Gasteiger charge is 2.28. The van der Waals surface area contributed by atoms with Crippen molar-refractivity contribution in [3.05, 3.63) is 35.4 Å². The van der Waals surface area contributed by atoms with E-state index in [2.05, 4.69) is 22.5 Å². The maximum absolute atomic E-state index is 6.17. The van der Waals surface area contributed by atoms with Crippen molar-refractivity contribution in [3.8, 4) is 0 Å². The number of hydrogen-bond donors (Lipinski definition) is 0. The predicted molar refractivity (Wildman–Crippen MR) is 64.5 cm³/mol. The van der Waals surface area contributed by atoms with Crippen LogP contribution in [0.5, 0.6) is 0 Å². The van der Waals surface area contributed by atoms with E-state index in [1.807, 2.05) is 12.1 Å². The molecule has 0 amide bonds. The molecule has 2 nitrogen and oxygen atoms in total. The smallest absolute Gasteiger partial charge is 0.109 e. The fourth-order valence-corrected chi connectivity index (χ4v) is 2.55. The Labute approximate surface area is 93.9 Å². The van der Waals surface area contributed by atoms with Crippen LogP contribution in [0.3, 0.4) is 0 Å². The Bertz CT molecular complexity index is 477. The summed E-state index contributed by atoms with van der Waals surface area (Å²) in [4.78, 5) is 6.76. The summed E-state index contributed by atoms with van der Waals surface area (Å²) in [5, 5.41) is 0.743. The number of rotatable bonds is 0. The fraction of sp³-hybridized carbons (Fsp3) is 0.250. The average Bonchev–Trinajstić information content (AvgIpc) is 2.65. The van der Waals surface area contributed by atoms with Gasteiger partial charge in [0.05, 0.1) is 16.4 Å². The summed E-state index contributed by atoms with van der Waals surface area (Å²) in [6.07, 6.45) is 2.21. The molecular formula is C12H11ClN2. The quantitative estimate of drug-likeness (QED) is 0.652.